The lowest BCUT2D eigenvalue weighted by atomic mass is 9.98. The summed E-state index contributed by atoms with van der Waals surface area (Å²) >= 11 is 0. The number of aryl methyl sites for hydroxylation is 1. The summed E-state index contributed by atoms with van der Waals surface area (Å²) in [5.41, 5.74) is 4.98. The molecule has 3 aromatic carbocycles. The highest BCUT2D eigenvalue weighted by Gasteiger charge is 2.26. The zero-order chi connectivity index (χ0) is 20.8. The SMILES string of the molecule is CCCN(Cc1ccccc1)C1COc2cc(OCc3ccccc3)c(C)cc2C1. The summed E-state index contributed by atoms with van der Waals surface area (Å²) in [6, 6.07) is 25.7. The Bertz CT molecular complexity index is 940. The smallest absolute Gasteiger partial charge is 0.126 e. The van der Waals surface area contributed by atoms with Crippen molar-refractivity contribution in [2.75, 3.05) is 13.2 Å². The van der Waals surface area contributed by atoms with Crippen LogP contribution in [0.4, 0.5) is 0 Å². The van der Waals surface area contributed by atoms with Crippen LogP contribution in [0.1, 0.15) is 35.6 Å². The highest BCUT2D eigenvalue weighted by molar-refractivity contribution is 5.47. The van der Waals surface area contributed by atoms with E-state index >= 15 is 0 Å². The van der Waals surface area contributed by atoms with Gasteiger partial charge in [-0.15, -0.1) is 0 Å². The van der Waals surface area contributed by atoms with Crippen molar-refractivity contribution in [3.8, 4) is 11.5 Å². The molecule has 1 unspecified atom stereocenters. The molecule has 0 aromatic heterocycles. The normalized spacial score (nSPS) is 15.5. The Kier molecular flexibility index (Phi) is 6.70. The van der Waals surface area contributed by atoms with Gasteiger partial charge < -0.3 is 9.47 Å². The van der Waals surface area contributed by atoms with Gasteiger partial charge in [0.2, 0.25) is 0 Å². The molecule has 0 radical (unpaired) electrons. The van der Waals surface area contributed by atoms with Gasteiger partial charge in [-0.05, 0) is 54.6 Å². The van der Waals surface area contributed by atoms with Crippen molar-refractivity contribution in [2.45, 2.75) is 45.9 Å². The van der Waals surface area contributed by atoms with Gasteiger partial charge in [0, 0.05) is 18.7 Å². The molecule has 156 valence electrons. The van der Waals surface area contributed by atoms with Gasteiger partial charge in [0.15, 0.2) is 0 Å². The number of nitrogens with zero attached hydrogens (tertiary/aromatic N) is 1. The molecule has 30 heavy (non-hydrogen) atoms. The summed E-state index contributed by atoms with van der Waals surface area (Å²) in [6.07, 6.45) is 2.16. The Morgan fingerprint density at radius 2 is 1.67 bits per heavy atom. The highest BCUT2D eigenvalue weighted by atomic mass is 16.5. The fourth-order valence-corrected chi connectivity index (χ4v) is 4.14. The average molecular weight is 402 g/mol. The Labute approximate surface area is 180 Å². The summed E-state index contributed by atoms with van der Waals surface area (Å²) < 4.78 is 12.3. The maximum atomic E-state index is 6.23. The molecule has 0 saturated carbocycles. The van der Waals surface area contributed by atoms with E-state index in [0.29, 0.717) is 12.6 Å². The largest absolute Gasteiger partial charge is 0.492 e. The van der Waals surface area contributed by atoms with Gasteiger partial charge in [-0.2, -0.15) is 0 Å². The number of benzene rings is 3. The summed E-state index contributed by atoms with van der Waals surface area (Å²) in [4.78, 5) is 2.56. The van der Waals surface area contributed by atoms with Crippen LogP contribution < -0.4 is 9.47 Å². The number of fused-ring (bicyclic) bond motifs is 1. The predicted octanol–water partition coefficient (Wildman–Crippen LogP) is 5.79. The van der Waals surface area contributed by atoms with Gasteiger partial charge in [-0.25, -0.2) is 0 Å². The fourth-order valence-electron chi connectivity index (χ4n) is 4.14. The summed E-state index contributed by atoms with van der Waals surface area (Å²) in [6.45, 7) is 7.71. The molecular formula is C27H31NO2. The maximum Gasteiger partial charge on any atom is 0.126 e. The third-order valence-corrected chi connectivity index (χ3v) is 5.74. The standard InChI is InChI=1S/C27H31NO2/c1-3-14-28(18-22-10-6-4-7-11-22)25-16-24-15-21(2)26(17-27(24)30-20-25)29-19-23-12-8-5-9-13-23/h4-13,15,17,25H,3,14,16,18-20H2,1-2H3. The summed E-state index contributed by atoms with van der Waals surface area (Å²) in [5.74, 6) is 1.88. The first-order valence-corrected chi connectivity index (χ1v) is 10.9. The Balaban J connectivity index is 1.45. The minimum absolute atomic E-state index is 0.396. The van der Waals surface area contributed by atoms with Crippen LogP contribution in [0.15, 0.2) is 72.8 Å². The van der Waals surface area contributed by atoms with E-state index in [1.54, 1.807) is 0 Å². The van der Waals surface area contributed by atoms with Crippen LogP contribution in [0.5, 0.6) is 11.5 Å². The van der Waals surface area contributed by atoms with Crippen LogP contribution in [0.3, 0.4) is 0 Å². The topological polar surface area (TPSA) is 21.7 Å². The second kappa shape index (κ2) is 9.82. The quantitative estimate of drug-likeness (QED) is 0.477. The first kappa shape index (κ1) is 20.5. The molecule has 0 spiro atoms. The monoisotopic (exact) mass is 401 g/mol. The lowest BCUT2D eigenvalue weighted by Gasteiger charge is -2.35. The van der Waals surface area contributed by atoms with E-state index in [-0.39, 0.29) is 0 Å². The number of hydrogen-bond acceptors (Lipinski definition) is 3. The van der Waals surface area contributed by atoms with Crippen LogP contribution in [0, 0.1) is 6.92 Å². The zero-order valence-electron chi connectivity index (χ0n) is 18.0. The minimum Gasteiger partial charge on any atom is -0.492 e. The molecule has 3 aromatic rings. The first-order valence-electron chi connectivity index (χ1n) is 10.9. The van der Waals surface area contributed by atoms with Gasteiger partial charge in [-0.3, -0.25) is 4.90 Å². The van der Waals surface area contributed by atoms with Gasteiger partial charge in [0.05, 0.1) is 0 Å². The van der Waals surface area contributed by atoms with Crippen molar-refractivity contribution in [1.82, 2.24) is 4.90 Å². The highest BCUT2D eigenvalue weighted by Crippen LogP contribution is 2.34. The van der Waals surface area contributed by atoms with Crippen LogP contribution in [0.25, 0.3) is 0 Å². The summed E-state index contributed by atoms with van der Waals surface area (Å²) in [7, 11) is 0. The molecule has 3 nitrogen and oxygen atoms in total. The molecule has 3 heteroatoms. The van der Waals surface area contributed by atoms with E-state index in [0.717, 1.165) is 44.0 Å². The first-order chi connectivity index (χ1) is 14.7. The van der Waals surface area contributed by atoms with Gasteiger partial charge in [0.1, 0.15) is 24.7 Å². The molecule has 1 aliphatic rings. The zero-order valence-corrected chi connectivity index (χ0v) is 18.0. The number of hydrogen-bond donors (Lipinski definition) is 0. The molecule has 0 aliphatic carbocycles. The lowest BCUT2D eigenvalue weighted by Crippen LogP contribution is -2.43. The molecule has 0 saturated heterocycles. The van der Waals surface area contributed by atoms with Gasteiger partial charge in [0.25, 0.3) is 0 Å². The second-order valence-electron chi connectivity index (χ2n) is 8.12. The average Bonchev–Trinajstić information content (AvgIpc) is 2.78. The van der Waals surface area contributed by atoms with Crippen molar-refractivity contribution in [2.24, 2.45) is 0 Å². The Morgan fingerprint density at radius 1 is 0.967 bits per heavy atom. The minimum atomic E-state index is 0.396. The van der Waals surface area contributed by atoms with Crippen LogP contribution in [-0.4, -0.2) is 24.1 Å². The molecule has 0 fully saturated rings. The van der Waals surface area contributed by atoms with E-state index in [1.807, 2.05) is 18.2 Å². The Hall–Kier alpha value is -2.78. The Morgan fingerprint density at radius 3 is 2.37 bits per heavy atom. The van der Waals surface area contributed by atoms with E-state index in [1.165, 1.54) is 22.3 Å². The molecule has 1 aliphatic heterocycles. The fraction of sp³-hybridized carbons (Fsp3) is 0.333. The molecule has 0 bridgehead atoms. The molecule has 1 heterocycles. The van der Waals surface area contributed by atoms with Crippen LogP contribution in [0.2, 0.25) is 0 Å². The van der Waals surface area contributed by atoms with E-state index in [4.69, 9.17) is 9.47 Å². The predicted molar refractivity (Wildman–Crippen MR) is 122 cm³/mol. The van der Waals surface area contributed by atoms with Gasteiger partial charge in [-0.1, -0.05) is 67.6 Å². The molecule has 1 atom stereocenters. The van der Waals surface area contributed by atoms with Crippen molar-refractivity contribution in [3.05, 3.63) is 95.1 Å². The van der Waals surface area contributed by atoms with E-state index in [2.05, 4.69) is 73.3 Å². The maximum absolute atomic E-state index is 6.23. The third kappa shape index (κ3) is 5.03. The van der Waals surface area contributed by atoms with Crippen molar-refractivity contribution < 1.29 is 9.47 Å². The van der Waals surface area contributed by atoms with Crippen LogP contribution in [-0.2, 0) is 19.6 Å². The van der Waals surface area contributed by atoms with Crippen LogP contribution >= 0.6 is 0 Å². The summed E-state index contributed by atoms with van der Waals surface area (Å²) in [5, 5.41) is 0. The third-order valence-electron chi connectivity index (χ3n) is 5.74. The molecule has 4 rings (SSSR count). The number of rotatable bonds is 8. The molecular weight excluding hydrogens is 370 g/mol. The molecule has 0 amide bonds. The van der Waals surface area contributed by atoms with Crippen molar-refractivity contribution in [1.29, 1.82) is 0 Å². The number of ether oxygens (including phenoxy) is 2. The van der Waals surface area contributed by atoms with E-state index in [9.17, 15) is 0 Å². The van der Waals surface area contributed by atoms with Crippen molar-refractivity contribution >= 4 is 0 Å². The van der Waals surface area contributed by atoms with Gasteiger partial charge >= 0.3 is 0 Å². The van der Waals surface area contributed by atoms with Crippen molar-refractivity contribution in [3.63, 3.8) is 0 Å². The second-order valence-corrected chi connectivity index (χ2v) is 8.12. The lowest BCUT2D eigenvalue weighted by molar-refractivity contribution is 0.112. The van der Waals surface area contributed by atoms with E-state index < -0.39 is 0 Å². The molecule has 0 N–H and O–H groups in total.